The van der Waals surface area contributed by atoms with Gasteiger partial charge in [0.1, 0.15) is 5.75 Å². The highest BCUT2D eigenvalue weighted by Crippen LogP contribution is 2.18. The summed E-state index contributed by atoms with van der Waals surface area (Å²) in [6.07, 6.45) is 7.66. The molecule has 0 aromatic heterocycles. The maximum atomic E-state index is 12.0. The molecule has 0 saturated heterocycles. The number of nitrogens with one attached hydrogen (secondary N) is 1. The Morgan fingerprint density at radius 1 is 1.33 bits per heavy atom. The molecule has 2 unspecified atom stereocenters. The van der Waals surface area contributed by atoms with Crippen molar-refractivity contribution in [2.24, 2.45) is 0 Å². The fourth-order valence-electron chi connectivity index (χ4n) is 2.60. The number of benzene rings is 1. The number of amides is 1. The molecule has 1 fully saturated rings. The lowest BCUT2D eigenvalue weighted by atomic mass is 10.1. The lowest BCUT2D eigenvalue weighted by Gasteiger charge is -2.20. The molecule has 2 atom stereocenters. The Bertz CT molecular complexity index is 499. The minimum Gasteiger partial charge on any atom is -0.497 e. The highest BCUT2D eigenvalue weighted by Gasteiger charge is 2.22. The molecule has 0 radical (unpaired) electrons. The van der Waals surface area contributed by atoms with Crippen LogP contribution in [-0.4, -0.2) is 30.3 Å². The summed E-state index contributed by atoms with van der Waals surface area (Å²) in [5.41, 5.74) is 0.908. The summed E-state index contributed by atoms with van der Waals surface area (Å²) in [7, 11) is 1.61. The summed E-state index contributed by atoms with van der Waals surface area (Å²) in [5.74, 6) is 0.598. The van der Waals surface area contributed by atoms with Crippen LogP contribution in [0.3, 0.4) is 0 Å². The van der Waals surface area contributed by atoms with Crippen molar-refractivity contribution in [3.05, 3.63) is 35.9 Å². The first kappa shape index (κ1) is 15.6. The van der Waals surface area contributed by atoms with E-state index in [2.05, 4.69) is 5.32 Å². The Kier molecular flexibility index (Phi) is 5.81. The number of methoxy groups -OCH3 is 1. The van der Waals surface area contributed by atoms with Crippen LogP contribution in [0.2, 0.25) is 0 Å². The van der Waals surface area contributed by atoms with E-state index in [1.54, 1.807) is 13.2 Å². The zero-order chi connectivity index (χ0) is 15.1. The van der Waals surface area contributed by atoms with Crippen LogP contribution in [0.1, 0.15) is 37.7 Å². The maximum Gasteiger partial charge on any atom is 0.244 e. The molecule has 1 aliphatic rings. The van der Waals surface area contributed by atoms with Gasteiger partial charge in [-0.05, 0) is 36.6 Å². The first-order valence-corrected chi connectivity index (χ1v) is 7.50. The van der Waals surface area contributed by atoms with Gasteiger partial charge >= 0.3 is 0 Å². The van der Waals surface area contributed by atoms with Crippen molar-refractivity contribution in [3.8, 4) is 5.75 Å². The SMILES string of the molecule is COc1cccc(/C=C/C(=O)NC2CCCCCC2O)c1. The molecule has 2 rings (SSSR count). The Balaban J connectivity index is 1.92. The van der Waals surface area contributed by atoms with E-state index in [4.69, 9.17) is 4.74 Å². The number of hydrogen-bond acceptors (Lipinski definition) is 3. The molecule has 1 saturated carbocycles. The van der Waals surface area contributed by atoms with E-state index in [1.165, 1.54) is 6.08 Å². The van der Waals surface area contributed by atoms with Crippen LogP contribution in [0.25, 0.3) is 6.08 Å². The second-order valence-electron chi connectivity index (χ2n) is 5.43. The van der Waals surface area contributed by atoms with Crippen LogP contribution in [0, 0.1) is 0 Å². The van der Waals surface area contributed by atoms with Gasteiger partial charge in [-0.15, -0.1) is 0 Å². The molecule has 0 bridgehead atoms. The number of carbonyl (C=O) groups is 1. The molecule has 1 aromatic carbocycles. The largest absolute Gasteiger partial charge is 0.497 e. The number of carbonyl (C=O) groups excluding carboxylic acids is 1. The Morgan fingerprint density at radius 2 is 2.14 bits per heavy atom. The van der Waals surface area contributed by atoms with Crippen molar-refractivity contribution in [2.45, 2.75) is 44.2 Å². The smallest absolute Gasteiger partial charge is 0.244 e. The van der Waals surface area contributed by atoms with Gasteiger partial charge in [-0.1, -0.05) is 31.4 Å². The quantitative estimate of drug-likeness (QED) is 0.661. The molecule has 21 heavy (non-hydrogen) atoms. The molecular formula is C17H23NO3. The van der Waals surface area contributed by atoms with E-state index < -0.39 is 6.10 Å². The molecule has 2 N–H and O–H groups in total. The monoisotopic (exact) mass is 289 g/mol. The van der Waals surface area contributed by atoms with Gasteiger partial charge in [-0.25, -0.2) is 0 Å². The first-order valence-electron chi connectivity index (χ1n) is 7.50. The van der Waals surface area contributed by atoms with E-state index in [1.807, 2.05) is 24.3 Å². The number of hydrogen-bond donors (Lipinski definition) is 2. The first-order chi connectivity index (χ1) is 10.2. The number of aliphatic hydroxyl groups is 1. The average Bonchev–Trinajstić information content (AvgIpc) is 2.70. The van der Waals surface area contributed by atoms with E-state index in [0.29, 0.717) is 0 Å². The minimum atomic E-state index is -0.429. The topological polar surface area (TPSA) is 58.6 Å². The van der Waals surface area contributed by atoms with Gasteiger partial charge in [0.05, 0.1) is 19.3 Å². The molecular weight excluding hydrogens is 266 g/mol. The Labute approximate surface area is 125 Å². The third-order valence-corrected chi connectivity index (χ3v) is 3.83. The van der Waals surface area contributed by atoms with Crippen molar-refractivity contribution >= 4 is 12.0 Å². The van der Waals surface area contributed by atoms with E-state index in [-0.39, 0.29) is 11.9 Å². The van der Waals surface area contributed by atoms with Crippen LogP contribution in [0.5, 0.6) is 5.75 Å². The highest BCUT2D eigenvalue weighted by molar-refractivity contribution is 5.92. The maximum absolute atomic E-state index is 12.0. The van der Waals surface area contributed by atoms with E-state index in [9.17, 15) is 9.90 Å². The third-order valence-electron chi connectivity index (χ3n) is 3.83. The fourth-order valence-corrected chi connectivity index (χ4v) is 2.60. The number of rotatable bonds is 4. The van der Waals surface area contributed by atoms with Crippen LogP contribution < -0.4 is 10.1 Å². The molecule has 1 aliphatic carbocycles. The third kappa shape index (κ3) is 4.90. The van der Waals surface area contributed by atoms with Gasteiger partial charge in [-0.2, -0.15) is 0 Å². The van der Waals surface area contributed by atoms with E-state index >= 15 is 0 Å². The molecule has 0 spiro atoms. The van der Waals surface area contributed by atoms with Gasteiger partial charge in [0, 0.05) is 6.08 Å². The predicted octanol–water partition coefficient (Wildman–Crippen LogP) is 2.52. The highest BCUT2D eigenvalue weighted by atomic mass is 16.5. The summed E-state index contributed by atoms with van der Waals surface area (Å²) in [6, 6.07) is 7.39. The van der Waals surface area contributed by atoms with Gasteiger partial charge in [-0.3, -0.25) is 4.79 Å². The average molecular weight is 289 g/mol. The van der Waals surface area contributed by atoms with Crippen LogP contribution in [0.15, 0.2) is 30.3 Å². The van der Waals surface area contributed by atoms with Crippen molar-refractivity contribution in [3.63, 3.8) is 0 Å². The Hall–Kier alpha value is -1.81. The summed E-state index contributed by atoms with van der Waals surface area (Å²) in [5, 5.41) is 12.9. The predicted molar refractivity (Wildman–Crippen MR) is 83.1 cm³/mol. The molecule has 1 amide bonds. The van der Waals surface area contributed by atoms with Crippen molar-refractivity contribution < 1.29 is 14.6 Å². The summed E-state index contributed by atoms with van der Waals surface area (Å²) >= 11 is 0. The van der Waals surface area contributed by atoms with Crippen molar-refractivity contribution in [1.29, 1.82) is 0 Å². The zero-order valence-electron chi connectivity index (χ0n) is 12.4. The van der Waals surface area contributed by atoms with Crippen molar-refractivity contribution in [2.75, 3.05) is 7.11 Å². The normalized spacial score (nSPS) is 22.8. The molecule has 4 heteroatoms. The van der Waals surface area contributed by atoms with Gasteiger partial charge in [0.2, 0.25) is 5.91 Å². The standard InChI is InChI=1S/C17H23NO3/c1-21-14-7-5-6-13(12-14)10-11-17(20)18-15-8-3-2-4-9-16(15)19/h5-7,10-12,15-16,19H,2-4,8-9H2,1H3,(H,18,20)/b11-10+. The van der Waals surface area contributed by atoms with Gasteiger partial charge < -0.3 is 15.2 Å². The lowest BCUT2D eigenvalue weighted by Crippen LogP contribution is -2.41. The van der Waals surface area contributed by atoms with Gasteiger partial charge in [0.25, 0.3) is 0 Å². The number of aliphatic hydroxyl groups excluding tert-OH is 1. The molecule has 1 aromatic rings. The minimum absolute atomic E-state index is 0.130. The van der Waals surface area contributed by atoms with Crippen LogP contribution >= 0.6 is 0 Å². The lowest BCUT2D eigenvalue weighted by molar-refractivity contribution is -0.118. The Morgan fingerprint density at radius 3 is 2.95 bits per heavy atom. The number of ether oxygens (including phenoxy) is 1. The van der Waals surface area contributed by atoms with Crippen molar-refractivity contribution in [1.82, 2.24) is 5.32 Å². The molecule has 0 heterocycles. The second kappa shape index (κ2) is 7.84. The summed E-state index contributed by atoms with van der Waals surface area (Å²) in [6.45, 7) is 0. The summed E-state index contributed by atoms with van der Waals surface area (Å²) < 4.78 is 5.14. The molecule has 0 aliphatic heterocycles. The fraction of sp³-hybridized carbons (Fsp3) is 0.471. The van der Waals surface area contributed by atoms with Gasteiger partial charge in [0.15, 0.2) is 0 Å². The second-order valence-corrected chi connectivity index (χ2v) is 5.43. The molecule has 114 valence electrons. The molecule has 4 nitrogen and oxygen atoms in total. The zero-order valence-corrected chi connectivity index (χ0v) is 12.4. The summed E-state index contributed by atoms with van der Waals surface area (Å²) in [4.78, 5) is 12.0. The van der Waals surface area contributed by atoms with Crippen LogP contribution in [-0.2, 0) is 4.79 Å². The van der Waals surface area contributed by atoms with Crippen LogP contribution in [0.4, 0.5) is 0 Å². The van der Waals surface area contributed by atoms with E-state index in [0.717, 1.165) is 43.4 Å².